The van der Waals surface area contributed by atoms with Gasteiger partial charge in [-0.25, -0.2) is 13.2 Å². The molecule has 0 radical (unpaired) electrons. The number of fused-ring (bicyclic) bond motifs is 1. The fraction of sp³-hybridized carbons (Fsp3) is 0.162. The topological polar surface area (TPSA) is 92.7 Å². The second-order valence-corrected chi connectivity index (χ2v) is 14.3. The molecule has 0 bridgehead atoms. The zero-order valence-electron chi connectivity index (χ0n) is 26.1. The first-order chi connectivity index (χ1) is 22.3. The van der Waals surface area contributed by atoms with Crippen LogP contribution < -0.4 is 4.74 Å². The number of carbonyl (C=O) groups is 1. The monoisotopic (exact) mass is 676 g/mol. The quantitative estimate of drug-likeness (QED) is 0.0485. The third-order valence-electron chi connectivity index (χ3n) is 6.89. The molecule has 0 saturated carbocycles. The minimum atomic E-state index is -5.70. The van der Waals surface area contributed by atoms with Gasteiger partial charge in [0.05, 0.1) is 17.5 Å². The molecule has 47 heavy (non-hydrogen) atoms. The molecule has 0 N–H and O–H groups in total. The van der Waals surface area contributed by atoms with Crippen molar-refractivity contribution in [1.82, 2.24) is 0 Å². The van der Waals surface area contributed by atoms with E-state index in [1.54, 1.807) is 25.1 Å². The summed E-state index contributed by atoms with van der Waals surface area (Å²) < 4.78 is 66.8. The highest BCUT2D eigenvalue weighted by molar-refractivity contribution is 7.97. The number of ether oxygens (including phenoxy) is 2. The van der Waals surface area contributed by atoms with Crippen LogP contribution in [-0.4, -0.2) is 30.8 Å². The van der Waals surface area contributed by atoms with Crippen LogP contribution in [0.15, 0.2) is 142 Å². The lowest BCUT2D eigenvalue weighted by molar-refractivity contribution is -0.130. The standard InChI is InChI=1S/C24H23O2S.C13H12F2O4S/c1-17(2)24(25)26-23-18(3)15-22(16-19(23)4)27(20-11-7-5-8-12-20)21-13-9-6-10-14-21;14-13(15,20(16,17)18)9-19-8-10-5-6-11-3-1-2-4-12(11)7-10/h5-16H,1H2,2-4H3;1-7H,8-9H2,(H,16,17,18)/q+1;/p-1. The molecule has 244 valence electrons. The van der Waals surface area contributed by atoms with E-state index in [2.05, 4.69) is 72.0 Å². The van der Waals surface area contributed by atoms with Gasteiger partial charge in [-0.1, -0.05) is 79.4 Å². The molecule has 0 aliphatic carbocycles. The first kappa shape index (κ1) is 35.5. The van der Waals surface area contributed by atoms with E-state index < -0.39 is 22.0 Å². The Morgan fingerprint density at radius 3 is 1.81 bits per heavy atom. The van der Waals surface area contributed by atoms with Crippen molar-refractivity contribution >= 4 is 37.8 Å². The van der Waals surface area contributed by atoms with E-state index in [0.717, 1.165) is 21.9 Å². The molecule has 0 aliphatic rings. The molecule has 0 spiro atoms. The van der Waals surface area contributed by atoms with E-state index in [-0.39, 0.29) is 23.5 Å². The van der Waals surface area contributed by atoms with Gasteiger partial charge in [-0.15, -0.1) is 0 Å². The van der Waals surface area contributed by atoms with E-state index in [9.17, 15) is 26.5 Å². The van der Waals surface area contributed by atoms with Crippen LogP contribution in [0.25, 0.3) is 10.8 Å². The highest BCUT2D eigenvalue weighted by Crippen LogP contribution is 2.35. The van der Waals surface area contributed by atoms with Gasteiger partial charge in [0.2, 0.25) is 0 Å². The third-order valence-corrected chi connectivity index (χ3v) is 9.93. The average molecular weight is 677 g/mol. The Morgan fingerprint density at radius 1 is 0.787 bits per heavy atom. The van der Waals surface area contributed by atoms with Crippen molar-refractivity contribution < 1.29 is 36.0 Å². The van der Waals surface area contributed by atoms with Crippen molar-refractivity contribution in [3.63, 3.8) is 0 Å². The van der Waals surface area contributed by atoms with Crippen LogP contribution in [0.4, 0.5) is 8.78 Å². The molecule has 0 saturated heterocycles. The second-order valence-electron chi connectivity index (χ2n) is 10.8. The van der Waals surface area contributed by atoms with Crippen LogP contribution in [0.1, 0.15) is 23.6 Å². The van der Waals surface area contributed by atoms with Crippen LogP contribution in [0, 0.1) is 13.8 Å². The van der Waals surface area contributed by atoms with Gasteiger partial charge in [0.25, 0.3) is 0 Å². The van der Waals surface area contributed by atoms with Crippen LogP contribution in [0.2, 0.25) is 0 Å². The first-order valence-electron chi connectivity index (χ1n) is 14.5. The lowest BCUT2D eigenvalue weighted by Gasteiger charge is -2.19. The first-order valence-corrected chi connectivity index (χ1v) is 17.1. The minimum absolute atomic E-state index is 0.198. The minimum Gasteiger partial charge on any atom is -0.743 e. The number of hydrogen-bond donors (Lipinski definition) is 0. The predicted octanol–water partition coefficient (Wildman–Crippen LogP) is 8.37. The Kier molecular flexibility index (Phi) is 11.7. The van der Waals surface area contributed by atoms with Crippen LogP contribution in [0.3, 0.4) is 0 Å². The van der Waals surface area contributed by atoms with Gasteiger partial charge in [0, 0.05) is 17.7 Å². The van der Waals surface area contributed by atoms with E-state index in [1.807, 2.05) is 50.2 Å². The summed E-state index contributed by atoms with van der Waals surface area (Å²) in [5, 5.41) is -2.51. The summed E-state index contributed by atoms with van der Waals surface area (Å²) in [7, 11) is -5.92. The zero-order chi connectivity index (χ0) is 34.2. The largest absolute Gasteiger partial charge is 0.743 e. The smallest absolute Gasteiger partial charge is 0.357 e. The van der Waals surface area contributed by atoms with Gasteiger partial charge >= 0.3 is 11.2 Å². The summed E-state index contributed by atoms with van der Waals surface area (Å²) in [6.07, 6.45) is 0. The number of benzene rings is 5. The van der Waals surface area contributed by atoms with Gasteiger partial charge < -0.3 is 14.0 Å². The molecular weight excluding hydrogens is 643 g/mol. The molecular formula is C37H34F2O6S2. The molecule has 5 aromatic carbocycles. The van der Waals surface area contributed by atoms with Crippen LogP contribution >= 0.6 is 0 Å². The maximum absolute atomic E-state index is 12.9. The van der Waals surface area contributed by atoms with Crippen molar-refractivity contribution in [2.75, 3.05) is 6.61 Å². The van der Waals surface area contributed by atoms with Crippen molar-refractivity contribution in [1.29, 1.82) is 0 Å². The molecule has 0 atom stereocenters. The number of esters is 1. The summed E-state index contributed by atoms with van der Waals surface area (Å²) in [6, 6.07) is 38.0. The molecule has 6 nitrogen and oxygen atoms in total. The molecule has 0 amide bonds. The molecule has 5 rings (SSSR count). The number of rotatable bonds is 10. The van der Waals surface area contributed by atoms with Crippen molar-refractivity contribution in [2.24, 2.45) is 0 Å². The molecule has 0 heterocycles. The van der Waals surface area contributed by atoms with Crippen LogP contribution in [-0.2, 0) is 37.2 Å². The molecule has 10 heteroatoms. The van der Waals surface area contributed by atoms with Crippen molar-refractivity contribution in [3.8, 4) is 5.75 Å². The summed E-state index contributed by atoms with van der Waals surface area (Å²) in [4.78, 5) is 15.7. The van der Waals surface area contributed by atoms with Crippen LogP contribution in [0.5, 0.6) is 5.75 Å². The van der Waals surface area contributed by atoms with Crippen molar-refractivity contribution in [2.45, 2.75) is 47.3 Å². The highest BCUT2D eigenvalue weighted by atomic mass is 32.2. The lowest BCUT2D eigenvalue weighted by Crippen LogP contribution is -2.33. The molecule has 0 unspecified atom stereocenters. The molecule has 0 fully saturated rings. The number of halogens is 2. The fourth-order valence-electron chi connectivity index (χ4n) is 4.58. The Balaban J connectivity index is 0.000000223. The summed E-state index contributed by atoms with van der Waals surface area (Å²) in [5.41, 5.74) is 2.90. The second kappa shape index (κ2) is 15.5. The maximum atomic E-state index is 12.9. The Labute approximate surface area is 276 Å². The summed E-state index contributed by atoms with van der Waals surface area (Å²) in [5.74, 6) is 0.232. The molecule has 0 aromatic heterocycles. The SMILES string of the molecule is C=C(C)C(=O)Oc1c(C)cc([S+](c2ccccc2)c2ccccc2)cc1C.O=S(=O)([O-])C(F)(F)COCc1ccc2ccccc2c1. The van der Waals surface area contributed by atoms with Gasteiger partial charge in [0.15, 0.2) is 24.8 Å². The summed E-state index contributed by atoms with van der Waals surface area (Å²) >= 11 is 0. The number of hydrogen-bond acceptors (Lipinski definition) is 6. The van der Waals surface area contributed by atoms with E-state index in [1.165, 1.54) is 14.7 Å². The maximum Gasteiger partial charge on any atom is 0.357 e. The number of aryl methyl sites for hydroxylation is 2. The fourth-order valence-corrected chi connectivity index (χ4v) is 7.07. The van der Waals surface area contributed by atoms with Gasteiger partial charge in [0.1, 0.15) is 12.4 Å². The zero-order valence-corrected chi connectivity index (χ0v) is 27.7. The Morgan fingerprint density at radius 2 is 1.30 bits per heavy atom. The predicted molar refractivity (Wildman–Crippen MR) is 180 cm³/mol. The summed E-state index contributed by atoms with van der Waals surface area (Å²) in [6.45, 7) is 7.63. The van der Waals surface area contributed by atoms with Gasteiger partial charge in [-0.05, 0) is 78.6 Å². The normalized spacial score (nSPS) is 11.6. The Hall–Kier alpha value is -4.35. The average Bonchev–Trinajstić information content (AvgIpc) is 3.03. The number of alkyl halides is 2. The van der Waals surface area contributed by atoms with Crippen molar-refractivity contribution in [3.05, 3.63) is 144 Å². The van der Waals surface area contributed by atoms with E-state index >= 15 is 0 Å². The van der Waals surface area contributed by atoms with Gasteiger partial charge in [-0.2, -0.15) is 8.78 Å². The number of carbonyl (C=O) groups excluding carboxylic acids is 1. The van der Waals surface area contributed by atoms with Gasteiger partial charge in [-0.3, -0.25) is 0 Å². The van der Waals surface area contributed by atoms with E-state index in [4.69, 9.17) is 4.74 Å². The van der Waals surface area contributed by atoms with E-state index in [0.29, 0.717) is 16.9 Å². The molecule has 5 aromatic rings. The molecule has 0 aliphatic heterocycles. The third kappa shape index (κ3) is 9.36. The lowest BCUT2D eigenvalue weighted by atomic mass is 10.1. The Bertz CT molecular complexity index is 1900. The highest BCUT2D eigenvalue weighted by Gasteiger charge is 2.37.